The summed E-state index contributed by atoms with van der Waals surface area (Å²) in [6.45, 7) is 8.47. The largest absolute Gasteiger partial charge is 1.00 e. The predicted molar refractivity (Wildman–Crippen MR) is 230 cm³/mol. The van der Waals surface area contributed by atoms with Gasteiger partial charge in [-0.25, -0.2) is 4.79 Å². The van der Waals surface area contributed by atoms with Gasteiger partial charge < -0.3 is 67.5 Å². The maximum absolute atomic E-state index is 15.5. The third-order valence-electron chi connectivity index (χ3n) is 16.3. The van der Waals surface area contributed by atoms with Gasteiger partial charge in [-0.05, 0) is 61.9 Å². The number of nitrogens with zero attached hydrogens (tertiary/aromatic N) is 3. The number of nitrogens with one attached hydrogen (secondary N) is 1. The molecule has 3 N–H and O–H groups in total. The van der Waals surface area contributed by atoms with Gasteiger partial charge in [-0.1, -0.05) is 55.8 Å². The van der Waals surface area contributed by atoms with E-state index in [4.69, 9.17) is 30.5 Å². The molecule has 0 unspecified atom stereocenters. The van der Waals surface area contributed by atoms with Crippen LogP contribution in [0.1, 0.15) is 75.3 Å². The smallest absolute Gasteiger partial charge is 0.344 e. The number of esters is 3. The number of aliphatic hydroxyl groups is 2. The average molecular weight is 987 g/mol. The minimum Gasteiger partial charge on any atom is -1.00 e. The van der Waals surface area contributed by atoms with Gasteiger partial charge >= 0.3 is 17.9 Å². The summed E-state index contributed by atoms with van der Waals surface area (Å²) in [5, 5.41) is 26.6. The van der Waals surface area contributed by atoms with Gasteiger partial charge in [-0.15, -0.1) is 0 Å². The minimum atomic E-state index is -2.32. The van der Waals surface area contributed by atoms with E-state index in [0.717, 1.165) is 33.4 Å². The Hall–Kier alpha value is -3.41. The summed E-state index contributed by atoms with van der Waals surface area (Å²) in [5.74, 6) is -1.68. The van der Waals surface area contributed by atoms with Crippen molar-refractivity contribution in [3.63, 3.8) is 0 Å². The fraction of sp³-hybridized carbons (Fsp3) is 0.596. The van der Waals surface area contributed by atoms with Gasteiger partial charge in [-0.2, -0.15) is 0 Å². The Labute approximate surface area is 385 Å². The number of halogens is 2. The molecule has 1 aliphatic carbocycles. The SMILES string of the molecule is CC[C@]1(O)C[C@@H]2C[C@](C(=O)OC)(c3cc4c(cc3OC)N(C)[C@H]3[C@@](O)(C(=O)OC)[C@H](OC(C)=O)[C@]5(CC)C=CCN6CC[C@]43[C@@H]65)c3[nH]c4ccccc4c3CC[N@+](CCl)(C2)C1.[I-]. The fourth-order valence-electron chi connectivity index (χ4n) is 14.1. The zero-order valence-corrected chi connectivity index (χ0v) is 39.7. The highest BCUT2D eigenvalue weighted by Gasteiger charge is 2.80. The molecule has 2 aromatic carbocycles. The maximum Gasteiger partial charge on any atom is 0.344 e. The van der Waals surface area contributed by atoms with Crippen LogP contribution in [0.5, 0.6) is 5.75 Å². The maximum atomic E-state index is 15.5. The van der Waals surface area contributed by atoms with Crippen molar-refractivity contribution < 1.29 is 72.0 Å². The van der Waals surface area contributed by atoms with Crippen molar-refractivity contribution in [1.29, 1.82) is 0 Å². The molecule has 6 aliphatic rings. The minimum absolute atomic E-state index is 0. The fourth-order valence-corrected chi connectivity index (χ4v) is 14.4. The zero-order valence-electron chi connectivity index (χ0n) is 36.8. The van der Waals surface area contributed by atoms with Crippen molar-refractivity contribution in [3.8, 4) is 5.75 Å². The van der Waals surface area contributed by atoms with Crippen LogP contribution in [-0.4, -0.2) is 139 Å². The Morgan fingerprint density at radius 3 is 2.40 bits per heavy atom. The van der Waals surface area contributed by atoms with Gasteiger partial charge in [0.25, 0.3) is 0 Å². The van der Waals surface area contributed by atoms with Crippen LogP contribution in [0.15, 0.2) is 48.6 Å². The highest BCUT2D eigenvalue weighted by molar-refractivity contribution is 6.17. The monoisotopic (exact) mass is 986 g/mol. The molecule has 1 spiro atoms. The van der Waals surface area contributed by atoms with Crippen molar-refractivity contribution in [2.75, 3.05) is 72.0 Å². The third-order valence-corrected chi connectivity index (χ3v) is 16.8. The van der Waals surface area contributed by atoms with E-state index >= 15 is 4.79 Å². The molecule has 62 heavy (non-hydrogen) atoms. The second-order valence-corrected chi connectivity index (χ2v) is 19.2. The number of H-pyrrole nitrogens is 1. The van der Waals surface area contributed by atoms with E-state index in [-0.39, 0.29) is 42.4 Å². The molecule has 3 aromatic rings. The number of fused-ring (bicyclic) bond motifs is 6. The van der Waals surface area contributed by atoms with E-state index in [1.54, 1.807) is 7.11 Å². The zero-order chi connectivity index (χ0) is 43.5. The highest BCUT2D eigenvalue weighted by Crippen LogP contribution is 2.68. The van der Waals surface area contributed by atoms with Crippen LogP contribution in [0.2, 0.25) is 0 Å². The molecule has 9 rings (SSSR count). The average Bonchev–Trinajstić information content (AvgIpc) is 3.92. The number of benzene rings is 2. The molecule has 1 aromatic heterocycles. The van der Waals surface area contributed by atoms with Crippen LogP contribution < -0.4 is 33.6 Å². The molecule has 6 heterocycles. The quantitative estimate of drug-likeness (QED) is 0.0577. The summed E-state index contributed by atoms with van der Waals surface area (Å²) in [7, 11) is 6.13. The topological polar surface area (TPSA) is 151 Å². The molecule has 1 saturated carbocycles. The summed E-state index contributed by atoms with van der Waals surface area (Å²) >= 11 is 6.94. The summed E-state index contributed by atoms with van der Waals surface area (Å²) in [6, 6.07) is 11.2. The molecule has 336 valence electrons. The first-order chi connectivity index (χ1) is 29.1. The molecule has 2 bridgehead atoms. The van der Waals surface area contributed by atoms with Crippen LogP contribution in [0.25, 0.3) is 10.9 Å². The van der Waals surface area contributed by atoms with Gasteiger partial charge in [0.05, 0.1) is 40.5 Å². The second-order valence-electron chi connectivity index (χ2n) is 19.0. The number of quaternary nitrogens is 1. The van der Waals surface area contributed by atoms with Crippen LogP contribution >= 0.6 is 11.6 Å². The van der Waals surface area contributed by atoms with Crippen LogP contribution in [-0.2, 0) is 45.8 Å². The van der Waals surface area contributed by atoms with Gasteiger partial charge in [0, 0.05) is 83.6 Å². The third kappa shape index (κ3) is 5.87. The molecule has 15 heteroatoms. The molecule has 0 amide bonds. The Kier molecular flexibility index (Phi) is 11.4. The first-order valence-corrected chi connectivity index (χ1v) is 22.3. The number of aromatic nitrogens is 1. The van der Waals surface area contributed by atoms with E-state index in [1.807, 2.05) is 56.1 Å². The number of para-hydroxylation sites is 1. The van der Waals surface area contributed by atoms with Gasteiger partial charge in [0.15, 0.2) is 12.1 Å². The first-order valence-electron chi connectivity index (χ1n) is 21.8. The Balaban J connectivity index is 0.00000529. The molecule has 0 radical (unpaired) electrons. The summed E-state index contributed by atoms with van der Waals surface area (Å²) < 4.78 is 24.5. The van der Waals surface area contributed by atoms with E-state index in [9.17, 15) is 19.8 Å². The molecule has 13 nitrogen and oxygen atoms in total. The number of methoxy groups -OCH3 is 3. The van der Waals surface area contributed by atoms with Crippen molar-refractivity contribution in [3.05, 3.63) is 70.9 Å². The van der Waals surface area contributed by atoms with E-state index in [0.29, 0.717) is 86.6 Å². The number of ether oxygens (including phenoxy) is 4. The van der Waals surface area contributed by atoms with Crippen LogP contribution in [0.4, 0.5) is 5.69 Å². The molecule has 10 atom stereocenters. The number of likely N-dealkylation sites (N-methyl/N-ethyl adjacent to an activating group) is 1. The molecular formula is C47H60ClIN4O9. The van der Waals surface area contributed by atoms with Gasteiger partial charge in [-0.3, -0.25) is 14.5 Å². The van der Waals surface area contributed by atoms with E-state index in [1.165, 1.54) is 21.1 Å². The number of aromatic amines is 1. The van der Waals surface area contributed by atoms with Gasteiger partial charge in [0.1, 0.15) is 23.3 Å². The number of hydrogen-bond donors (Lipinski definition) is 3. The lowest BCUT2D eigenvalue weighted by atomic mass is 9.47. The number of alkyl halides is 1. The molecule has 3 fully saturated rings. The highest BCUT2D eigenvalue weighted by atomic mass is 127. The Morgan fingerprint density at radius 2 is 1.74 bits per heavy atom. The van der Waals surface area contributed by atoms with Crippen molar-refractivity contribution in [2.45, 2.75) is 99.5 Å². The lowest BCUT2D eigenvalue weighted by Gasteiger charge is -2.63. The van der Waals surface area contributed by atoms with Gasteiger partial charge in [0.2, 0.25) is 5.60 Å². The second kappa shape index (κ2) is 15.6. The van der Waals surface area contributed by atoms with Crippen LogP contribution in [0.3, 0.4) is 0 Å². The number of anilines is 1. The number of carbonyl (C=O) groups is 3. The molecular weight excluding hydrogens is 927 g/mol. The van der Waals surface area contributed by atoms with Crippen molar-refractivity contribution in [2.24, 2.45) is 11.3 Å². The summed E-state index contributed by atoms with van der Waals surface area (Å²) in [6.07, 6.45) is 5.73. The lowest BCUT2D eigenvalue weighted by Crippen LogP contribution is -3.00. The lowest BCUT2D eigenvalue weighted by molar-refractivity contribution is -0.932. The number of piperidine rings is 1. The standard InChI is InChI=1S/C47H60ClN4O9.HI/c1-8-43(56)23-29-24-46(41(54)59-6,37-31(15-20-52(25-29,26-43)27-48)30-13-10-11-14-34(30)49-37)33-21-32-35(22-36(33)58-5)50(4)39-45(32)17-19-51-18-12-16-44(9-2,38(45)51)40(61-28(3)53)47(39,57)42(55)60-7;/h10-14,16,21-22,29,38-40,49,56-57H,8-9,15,17-20,23-27H2,1-7H3;1H/q+1;/p-1/t29-,38+,39-,40-,43+,44-,45-,46+,47+,52+;/m1./s1. The summed E-state index contributed by atoms with van der Waals surface area (Å²) in [5.41, 5.74) is -1.92. The Bertz CT molecular complexity index is 2340. The number of rotatable bonds is 8. The Morgan fingerprint density at radius 1 is 1.00 bits per heavy atom. The van der Waals surface area contributed by atoms with Crippen molar-refractivity contribution in [1.82, 2.24) is 9.88 Å². The predicted octanol–water partition coefficient (Wildman–Crippen LogP) is 1.71. The number of carbonyl (C=O) groups excluding carboxylic acids is 3. The first kappa shape index (κ1) is 45.2. The number of hydrogen-bond acceptors (Lipinski definition) is 11. The van der Waals surface area contributed by atoms with Crippen LogP contribution in [0, 0.1) is 11.3 Å². The van der Waals surface area contributed by atoms with E-state index in [2.05, 4.69) is 28.1 Å². The summed E-state index contributed by atoms with van der Waals surface area (Å²) in [4.78, 5) is 51.0. The normalized spacial score (nSPS) is 36.8. The van der Waals surface area contributed by atoms with Crippen molar-refractivity contribution >= 4 is 46.1 Å². The van der Waals surface area contributed by atoms with E-state index < -0.39 is 57.5 Å². The molecule has 2 saturated heterocycles. The molecule has 5 aliphatic heterocycles.